The average Bonchev–Trinajstić information content (AvgIpc) is 2.39. The molecule has 0 aliphatic heterocycles. The lowest BCUT2D eigenvalue weighted by Gasteiger charge is -2.04. The van der Waals surface area contributed by atoms with E-state index in [1.807, 2.05) is 12.1 Å². The van der Waals surface area contributed by atoms with Crippen molar-refractivity contribution in [1.82, 2.24) is 0 Å². The van der Waals surface area contributed by atoms with Gasteiger partial charge in [0.15, 0.2) is 0 Å². The maximum atomic E-state index is 5.85. The first-order chi connectivity index (χ1) is 8.83. The molecule has 0 saturated heterocycles. The highest BCUT2D eigenvalue weighted by Gasteiger charge is 1.95. The van der Waals surface area contributed by atoms with Crippen molar-refractivity contribution in [2.75, 3.05) is 13.2 Å². The van der Waals surface area contributed by atoms with Crippen LogP contribution in [0.15, 0.2) is 24.3 Å². The summed E-state index contributed by atoms with van der Waals surface area (Å²) in [5.74, 6) is 0. The van der Waals surface area contributed by atoms with E-state index in [-0.39, 0.29) is 0 Å². The number of halogens is 1. The highest BCUT2D eigenvalue weighted by Crippen LogP contribution is 2.12. The minimum absolute atomic E-state index is 0.822. The van der Waals surface area contributed by atoms with Crippen LogP contribution in [-0.4, -0.2) is 13.2 Å². The number of benzene rings is 1. The lowest BCUT2D eigenvalue weighted by Crippen LogP contribution is -1.96. The Morgan fingerprint density at radius 2 is 1.56 bits per heavy atom. The Balaban J connectivity index is 1.91. The molecule has 0 unspecified atom stereocenters. The minimum Gasteiger partial charge on any atom is -0.381 e. The molecule has 1 aromatic rings. The smallest absolute Gasteiger partial charge is 0.0466 e. The fourth-order valence-electron chi connectivity index (χ4n) is 1.89. The zero-order chi connectivity index (χ0) is 13.1. The van der Waals surface area contributed by atoms with Gasteiger partial charge < -0.3 is 4.74 Å². The predicted octanol–water partition coefficient (Wildman–Crippen LogP) is 5.26. The molecule has 1 rings (SSSR count). The first-order valence-electron chi connectivity index (χ1n) is 7.15. The summed E-state index contributed by atoms with van der Waals surface area (Å²) in [7, 11) is 0. The number of ether oxygens (including phenoxy) is 1. The molecule has 0 aromatic heterocycles. The Hall–Kier alpha value is -0.530. The van der Waals surface area contributed by atoms with Gasteiger partial charge >= 0.3 is 0 Å². The normalized spacial score (nSPS) is 10.8. The van der Waals surface area contributed by atoms with E-state index in [1.165, 1.54) is 44.1 Å². The van der Waals surface area contributed by atoms with Crippen LogP contribution in [0.3, 0.4) is 0 Å². The van der Waals surface area contributed by atoms with Gasteiger partial charge in [0, 0.05) is 18.2 Å². The molecule has 0 N–H and O–H groups in total. The summed E-state index contributed by atoms with van der Waals surface area (Å²) in [6, 6.07) is 8.18. The number of aryl methyl sites for hydroxylation is 1. The Morgan fingerprint density at radius 1 is 0.889 bits per heavy atom. The van der Waals surface area contributed by atoms with Gasteiger partial charge in [-0.25, -0.2) is 0 Å². The monoisotopic (exact) mass is 268 g/mol. The Bertz CT molecular complexity index is 294. The van der Waals surface area contributed by atoms with Crippen LogP contribution in [0.4, 0.5) is 0 Å². The second-order valence-corrected chi connectivity index (χ2v) is 5.19. The first kappa shape index (κ1) is 15.5. The van der Waals surface area contributed by atoms with E-state index in [0.717, 1.165) is 24.7 Å². The summed E-state index contributed by atoms with van der Waals surface area (Å²) in [4.78, 5) is 0. The van der Waals surface area contributed by atoms with Crippen molar-refractivity contribution in [1.29, 1.82) is 0 Å². The molecule has 18 heavy (non-hydrogen) atoms. The van der Waals surface area contributed by atoms with Crippen LogP contribution in [-0.2, 0) is 11.2 Å². The van der Waals surface area contributed by atoms with Crippen molar-refractivity contribution in [3.05, 3.63) is 34.9 Å². The molecule has 0 saturated carbocycles. The van der Waals surface area contributed by atoms with Crippen LogP contribution < -0.4 is 0 Å². The molecule has 0 aliphatic rings. The number of rotatable bonds is 10. The molecule has 1 aromatic carbocycles. The molecule has 0 fully saturated rings. The van der Waals surface area contributed by atoms with Gasteiger partial charge in [-0.1, -0.05) is 49.9 Å². The fourth-order valence-corrected chi connectivity index (χ4v) is 2.01. The minimum atomic E-state index is 0.822. The molecular weight excluding hydrogens is 244 g/mol. The molecule has 0 bridgehead atoms. The summed E-state index contributed by atoms with van der Waals surface area (Å²) in [6.07, 6.45) is 8.60. The SMILES string of the molecule is CCCCOCCCCCCc1ccc(Cl)cc1. The van der Waals surface area contributed by atoms with E-state index in [2.05, 4.69) is 19.1 Å². The molecule has 102 valence electrons. The summed E-state index contributed by atoms with van der Waals surface area (Å²) >= 11 is 5.85. The van der Waals surface area contributed by atoms with E-state index >= 15 is 0 Å². The predicted molar refractivity (Wildman–Crippen MR) is 79.4 cm³/mol. The summed E-state index contributed by atoms with van der Waals surface area (Å²) in [6.45, 7) is 4.06. The van der Waals surface area contributed by atoms with Crippen molar-refractivity contribution >= 4 is 11.6 Å². The van der Waals surface area contributed by atoms with Crippen LogP contribution in [0, 0.1) is 0 Å². The van der Waals surface area contributed by atoms with Crippen LogP contribution in [0.25, 0.3) is 0 Å². The molecule has 1 nitrogen and oxygen atoms in total. The van der Waals surface area contributed by atoms with E-state index in [0.29, 0.717) is 0 Å². The second kappa shape index (κ2) is 10.4. The zero-order valence-electron chi connectivity index (χ0n) is 11.5. The van der Waals surface area contributed by atoms with Gasteiger partial charge in [0.25, 0.3) is 0 Å². The first-order valence-corrected chi connectivity index (χ1v) is 7.53. The van der Waals surface area contributed by atoms with Gasteiger partial charge in [-0.05, 0) is 43.4 Å². The fraction of sp³-hybridized carbons (Fsp3) is 0.625. The third-order valence-corrected chi connectivity index (χ3v) is 3.31. The van der Waals surface area contributed by atoms with Crippen molar-refractivity contribution in [2.45, 2.75) is 51.9 Å². The third kappa shape index (κ3) is 7.73. The van der Waals surface area contributed by atoms with E-state index < -0.39 is 0 Å². The highest BCUT2D eigenvalue weighted by molar-refractivity contribution is 6.30. The van der Waals surface area contributed by atoms with Crippen molar-refractivity contribution in [3.63, 3.8) is 0 Å². The highest BCUT2D eigenvalue weighted by atomic mass is 35.5. The third-order valence-electron chi connectivity index (χ3n) is 3.06. The van der Waals surface area contributed by atoms with Gasteiger partial charge in [-0.2, -0.15) is 0 Å². The summed E-state index contributed by atoms with van der Waals surface area (Å²) in [5, 5.41) is 0.822. The van der Waals surface area contributed by atoms with Crippen LogP contribution >= 0.6 is 11.6 Å². The Morgan fingerprint density at radius 3 is 2.28 bits per heavy atom. The van der Waals surface area contributed by atoms with Crippen molar-refractivity contribution in [2.24, 2.45) is 0 Å². The molecule has 0 radical (unpaired) electrons. The average molecular weight is 269 g/mol. The maximum Gasteiger partial charge on any atom is 0.0466 e. The molecule has 0 heterocycles. The Kier molecular flexibility index (Phi) is 8.97. The summed E-state index contributed by atoms with van der Waals surface area (Å²) < 4.78 is 5.54. The number of hydrogen-bond donors (Lipinski definition) is 0. The van der Waals surface area contributed by atoms with E-state index in [1.54, 1.807) is 0 Å². The van der Waals surface area contributed by atoms with Gasteiger partial charge in [-0.3, -0.25) is 0 Å². The quantitative estimate of drug-likeness (QED) is 0.526. The van der Waals surface area contributed by atoms with Gasteiger partial charge in [0.1, 0.15) is 0 Å². The lowest BCUT2D eigenvalue weighted by atomic mass is 10.1. The molecule has 0 spiro atoms. The topological polar surface area (TPSA) is 9.23 Å². The van der Waals surface area contributed by atoms with Crippen molar-refractivity contribution in [3.8, 4) is 0 Å². The zero-order valence-corrected chi connectivity index (χ0v) is 12.2. The Labute approximate surface area is 116 Å². The number of unbranched alkanes of at least 4 members (excludes halogenated alkanes) is 4. The van der Waals surface area contributed by atoms with Gasteiger partial charge in [-0.15, -0.1) is 0 Å². The van der Waals surface area contributed by atoms with E-state index in [9.17, 15) is 0 Å². The largest absolute Gasteiger partial charge is 0.381 e. The van der Waals surface area contributed by atoms with Gasteiger partial charge in [0.05, 0.1) is 0 Å². The standard InChI is InChI=1S/C16H25ClO/c1-2-3-13-18-14-7-5-4-6-8-15-9-11-16(17)12-10-15/h9-12H,2-8,13-14H2,1H3. The molecular formula is C16H25ClO. The molecule has 0 atom stereocenters. The maximum absolute atomic E-state index is 5.85. The van der Waals surface area contributed by atoms with Crippen LogP contribution in [0.5, 0.6) is 0 Å². The van der Waals surface area contributed by atoms with Crippen molar-refractivity contribution < 1.29 is 4.74 Å². The van der Waals surface area contributed by atoms with Gasteiger partial charge in [0.2, 0.25) is 0 Å². The van der Waals surface area contributed by atoms with E-state index in [4.69, 9.17) is 16.3 Å². The molecule has 0 aliphatic carbocycles. The lowest BCUT2D eigenvalue weighted by molar-refractivity contribution is 0.127. The molecule has 0 amide bonds. The number of hydrogen-bond acceptors (Lipinski definition) is 1. The second-order valence-electron chi connectivity index (χ2n) is 4.76. The summed E-state index contributed by atoms with van der Waals surface area (Å²) in [5.41, 5.74) is 1.39. The van der Waals surface area contributed by atoms with Crippen LogP contribution in [0.2, 0.25) is 5.02 Å². The molecule has 2 heteroatoms. The van der Waals surface area contributed by atoms with Crippen LogP contribution in [0.1, 0.15) is 51.0 Å².